The fourth-order valence-electron chi connectivity index (χ4n) is 2.57. The van der Waals surface area contributed by atoms with E-state index < -0.39 is 0 Å². The molecule has 3 nitrogen and oxygen atoms in total. The fraction of sp³-hybridized carbons (Fsp3) is 0.571. The summed E-state index contributed by atoms with van der Waals surface area (Å²) in [5.74, 6) is 2.14. The number of nitrogens with zero attached hydrogens (tertiary/aromatic N) is 3. The van der Waals surface area contributed by atoms with Gasteiger partial charge in [-0.2, -0.15) is 0 Å². The summed E-state index contributed by atoms with van der Waals surface area (Å²) < 4.78 is 0. The van der Waals surface area contributed by atoms with Crippen LogP contribution in [0.25, 0.3) is 10.2 Å². The van der Waals surface area contributed by atoms with Gasteiger partial charge in [-0.05, 0) is 32.3 Å². The fourth-order valence-corrected chi connectivity index (χ4v) is 3.47. The summed E-state index contributed by atoms with van der Waals surface area (Å²) in [6, 6.07) is 2.24. The molecule has 0 unspecified atom stereocenters. The number of piperidine rings is 1. The first-order valence-electron chi connectivity index (χ1n) is 6.80. The Kier molecular flexibility index (Phi) is 3.20. The molecule has 18 heavy (non-hydrogen) atoms. The third kappa shape index (κ3) is 2.09. The Morgan fingerprint density at radius 2 is 2.00 bits per heavy atom. The molecule has 2 aromatic rings. The van der Waals surface area contributed by atoms with Crippen LogP contribution in [0.1, 0.15) is 36.9 Å². The Bertz CT molecular complexity index is 555. The van der Waals surface area contributed by atoms with E-state index in [9.17, 15) is 0 Å². The van der Waals surface area contributed by atoms with E-state index in [0.29, 0.717) is 0 Å². The number of fused-ring (bicyclic) bond motifs is 1. The zero-order valence-corrected chi connectivity index (χ0v) is 11.9. The minimum Gasteiger partial charge on any atom is -0.356 e. The highest BCUT2D eigenvalue weighted by molar-refractivity contribution is 7.18. The van der Waals surface area contributed by atoms with Gasteiger partial charge in [0, 0.05) is 24.4 Å². The number of anilines is 1. The average Bonchev–Trinajstić information content (AvgIpc) is 2.78. The first-order valence-corrected chi connectivity index (χ1v) is 7.61. The van der Waals surface area contributed by atoms with Gasteiger partial charge in [0.2, 0.25) is 0 Å². The maximum Gasteiger partial charge on any atom is 0.141 e. The predicted molar refractivity (Wildman–Crippen MR) is 77.6 cm³/mol. The highest BCUT2D eigenvalue weighted by Gasteiger charge is 2.17. The summed E-state index contributed by atoms with van der Waals surface area (Å²) in [6.07, 6.45) is 4.84. The molecule has 0 radical (unpaired) electrons. The second-order valence-electron chi connectivity index (χ2n) is 4.94. The molecule has 0 aromatic carbocycles. The molecule has 1 aliphatic rings. The number of aryl methyl sites for hydroxylation is 2. The molecule has 1 saturated heterocycles. The van der Waals surface area contributed by atoms with Crippen LogP contribution in [-0.2, 0) is 6.42 Å². The van der Waals surface area contributed by atoms with Crippen molar-refractivity contribution in [3.05, 3.63) is 16.8 Å². The summed E-state index contributed by atoms with van der Waals surface area (Å²) in [6.45, 7) is 6.56. The Morgan fingerprint density at radius 3 is 2.72 bits per heavy atom. The molecule has 0 bridgehead atoms. The van der Waals surface area contributed by atoms with Crippen molar-refractivity contribution in [2.24, 2.45) is 0 Å². The molecule has 3 heterocycles. The third-order valence-electron chi connectivity index (χ3n) is 3.51. The van der Waals surface area contributed by atoms with Gasteiger partial charge in [0.25, 0.3) is 0 Å². The van der Waals surface area contributed by atoms with Gasteiger partial charge in [-0.3, -0.25) is 0 Å². The number of hydrogen-bond donors (Lipinski definition) is 0. The number of rotatable bonds is 2. The molecule has 0 amide bonds. The van der Waals surface area contributed by atoms with Crippen molar-refractivity contribution in [1.82, 2.24) is 9.97 Å². The van der Waals surface area contributed by atoms with Crippen LogP contribution in [0.3, 0.4) is 0 Å². The standard InChI is InChI=1S/C14H19N3S/c1-3-12-15-13(17-7-5-4-6-8-17)11-9-10(2)18-14(11)16-12/h9H,3-8H2,1-2H3. The summed E-state index contributed by atoms with van der Waals surface area (Å²) in [5.41, 5.74) is 0. The lowest BCUT2D eigenvalue weighted by molar-refractivity contribution is 0.574. The smallest absolute Gasteiger partial charge is 0.141 e. The second-order valence-corrected chi connectivity index (χ2v) is 6.18. The summed E-state index contributed by atoms with van der Waals surface area (Å²) in [5, 5.41) is 1.25. The molecule has 0 spiro atoms. The zero-order valence-electron chi connectivity index (χ0n) is 11.1. The lowest BCUT2D eigenvalue weighted by Gasteiger charge is -2.28. The van der Waals surface area contributed by atoms with E-state index in [1.165, 1.54) is 35.3 Å². The molecule has 0 N–H and O–H groups in total. The monoisotopic (exact) mass is 261 g/mol. The molecule has 2 aromatic heterocycles. The molecule has 4 heteroatoms. The SMILES string of the molecule is CCc1nc(N2CCCCC2)c2cc(C)sc2n1. The Labute approximate surface area is 112 Å². The molecule has 0 atom stereocenters. The number of thiophene rings is 1. The van der Waals surface area contributed by atoms with E-state index in [4.69, 9.17) is 4.98 Å². The minimum atomic E-state index is 0.910. The van der Waals surface area contributed by atoms with Crippen LogP contribution in [-0.4, -0.2) is 23.1 Å². The van der Waals surface area contributed by atoms with Crippen molar-refractivity contribution in [2.45, 2.75) is 39.5 Å². The predicted octanol–water partition coefficient (Wildman–Crippen LogP) is 3.55. The van der Waals surface area contributed by atoms with Crippen LogP contribution in [0.15, 0.2) is 6.07 Å². The van der Waals surface area contributed by atoms with E-state index in [1.807, 2.05) is 0 Å². The van der Waals surface area contributed by atoms with Gasteiger partial charge in [0.1, 0.15) is 16.5 Å². The Morgan fingerprint density at radius 1 is 1.22 bits per heavy atom. The maximum absolute atomic E-state index is 4.78. The maximum atomic E-state index is 4.78. The van der Waals surface area contributed by atoms with Crippen molar-refractivity contribution in [1.29, 1.82) is 0 Å². The van der Waals surface area contributed by atoms with Crippen LogP contribution in [0.2, 0.25) is 0 Å². The van der Waals surface area contributed by atoms with Crippen molar-refractivity contribution >= 4 is 27.4 Å². The topological polar surface area (TPSA) is 29.0 Å². The Hall–Kier alpha value is -1.16. The van der Waals surface area contributed by atoms with Gasteiger partial charge in [0.05, 0.1) is 5.39 Å². The van der Waals surface area contributed by atoms with Gasteiger partial charge in [-0.25, -0.2) is 9.97 Å². The zero-order chi connectivity index (χ0) is 12.5. The van der Waals surface area contributed by atoms with Gasteiger partial charge >= 0.3 is 0 Å². The largest absolute Gasteiger partial charge is 0.356 e. The van der Waals surface area contributed by atoms with Crippen LogP contribution in [0.5, 0.6) is 0 Å². The number of hydrogen-bond acceptors (Lipinski definition) is 4. The summed E-state index contributed by atoms with van der Waals surface area (Å²) in [4.78, 5) is 14.3. The molecule has 0 saturated carbocycles. The lowest BCUT2D eigenvalue weighted by atomic mass is 10.1. The molecule has 96 valence electrons. The van der Waals surface area contributed by atoms with Gasteiger partial charge in [0.15, 0.2) is 0 Å². The lowest BCUT2D eigenvalue weighted by Crippen LogP contribution is -2.30. The first-order chi connectivity index (χ1) is 8.78. The van der Waals surface area contributed by atoms with Gasteiger partial charge in [-0.15, -0.1) is 11.3 Å². The van der Waals surface area contributed by atoms with E-state index >= 15 is 0 Å². The molecule has 0 aliphatic carbocycles. The average molecular weight is 261 g/mol. The van der Waals surface area contributed by atoms with Crippen LogP contribution in [0, 0.1) is 6.92 Å². The molecule has 3 rings (SSSR count). The highest BCUT2D eigenvalue weighted by Crippen LogP contribution is 2.32. The van der Waals surface area contributed by atoms with Crippen molar-refractivity contribution in [3.63, 3.8) is 0 Å². The van der Waals surface area contributed by atoms with Crippen molar-refractivity contribution in [3.8, 4) is 0 Å². The van der Waals surface area contributed by atoms with E-state index in [1.54, 1.807) is 11.3 Å². The third-order valence-corrected chi connectivity index (χ3v) is 4.46. The van der Waals surface area contributed by atoms with Crippen LogP contribution >= 0.6 is 11.3 Å². The Balaban J connectivity index is 2.12. The van der Waals surface area contributed by atoms with Crippen LogP contribution < -0.4 is 4.90 Å². The minimum absolute atomic E-state index is 0.910. The quantitative estimate of drug-likeness (QED) is 0.828. The molecule has 1 aliphatic heterocycles. The van der Waals surface area contributed by atoms with Gasteiger partial charge < -0.3 is 4.90 Å². The van der Waals surface area contributed by atoms with E-state index in [-0.39, 0.29) is 0 Å². The van der Waals surface area contributed by atoms with Gasteiger partial charge in [-0.1, -0.05) is 6.92 Å². The highest BCUT2D eigenvalue weighted by atomic mass is 32.1. The normalized spacial score (nSPS) is 16.4. The van der Waals surface area contributed by atoms with Crippen molar-refractivity contribution < 1.29 is 0 Å². The van der Waals surface area contributed by atoms with E-state index in [0.717, 1.165) is 30.2 Å². The summed E-state index contributed by atoms with van der Waals surface area (Å²) >= 11 is 1.78. The van der Waals surface area contributed by atoms with Crippen molar-refractivity contribution in [2.75, 3.05) is 18.0 Å². The first kappa shape index (κ1) is 11.9. The molecular weight excluding hydrogens is 242 g/mol. The number of aromatic nitrogens is 2. The molecule has 1 fully saturated rings. The van der Waals surface area contributed by atoms with E-state index in [2.05, 4.69) is 29.8 Å². The summed E-state index contributed by atoms with van der Waals surface area (Å²) in [7, 11) is 0. The van der Waals surface area contributed by atoms with Crippen LogP contribution in [0.4, 0.5) is 5.82 Å². The molecular formula is C14H19N3S. The second kappa shape index (κ2) is 4.84.